The van der Waals surface area contributed by atoms with Crippen LogP contribution in [0.3, 0.4) is 0 Å². The van der Waals surface area contributed by atoms with Crippen LogP contribution in [-0.4, -0.2) is 62.7 Å². The Morgan fingerprint density at radius 3 is 2.80 bits per heavy atom. The molecule has 1 saturated heterocycles. The summed E-state index contributed by atoms with van der Waals surface area (Å²) in [6.07, 6.45) is 4.08. The number of nitrogens with one attached hydrogen (secondary N) is 1. The van der Waals surface area contributed by atoms with Gasteiger partial charge < -0.3 is 15.1 Å². The molecular weight excluding hydrogens is 186 g/mol. The zero-order valence-corrected chi connectivity index (χ0v) is 10.6. The van der Waals surface area contributed by atoms with Gasteiger partial charge in [-0.3, -0.25) is 0 Å². The van der Waals surface area contributed by atoms with Crippen molar-refractivity contribution >= 4 is 0 Å². The molecule has 90 valence electrons. The third kappa shape index (κ3) is 4.49. The summed E-state index contributed by atoms with van der Waals surface area (Å²) >= 11 is 0. The van der Waals surface area contributed by atoms with Crippen molar-refractivity contribution in [1.82, 2.24) is 15.1 Å². The second kappa shape index (κ2) is 7.20. The van der Waals surface area contributed by atoms with Crippen LogP contribution in [0.5, 0.6) is 0 Å². The van der Waals surface area contributed by atoms with E-state index in [1.54, 1.807) is 0 Å². The lowest BCUT2D eigenvalue weighted by Crippen LogP contribution is -2.37. The summed E-state index contributed by atoms with van der Waals surface area (Å²) in [5, 5.41) is 3.22. The quantitative estimate of drug-likeness (QED) is 0.735. The third-order valence-corrected chi connectivity index (χ3v) is 3.58. The van der Waals surface area contributed by atoms with Gasteiger partial charge in [-0.2, -0.15) is 0 Å². The lowest BCUT2D eigenvalue weighted by atomic mass is 10.1. The van der Waals surface area contributed by atoms with E-state index in [0.717, 1.165) is 12.6 Å². The molecule has 0 bridgehead atoms. The molecule has 1 rings (SSSR count). The molecule has 1 unspecified atom stereocenters. The molecule has 1 atom stereocenters. The molecule has 1 N–H and O–H groups in total. The standard InChI is InChI=1S/C12H27N3/c1-4-15-9-5-6-12(7-10-15)14(3)11-8-13-2/h12-13H,4-11H2,1-3H3. The first-order valence-corrected chi connectivity index (χ1v) is 6.35. The smallest absolute Gasteiger partial charge is 0.0107 e. The summed E-state index contributed by atoms with van der Waals surface area (Å²) in [5.74, 6) is 0. The van der Waals surface area contributed by atoms with Gasteiger partial charge in [-0.1, -0.05) is 6.92 Å². The molecule has 0 aromatic rings. The van der Waals surface area contributed by atoms with Crippen LogP contribution in [0.2, 0.25) is 0 Å². The maximum atomic E-state index is 3.22. The second-order valence-electron chi connectivity index (χ2n) is 4.60. The fraction of sp³-hybridized carbons (Fsp3) is 1.00. The van der Waals surface area contributed by atoms with E-state index in [1.165, 1.54) is 45.4 Å². The highest BCUT2D eigenvalue weighted by Gasteiger charge is 2.18. The number of rotatable bonds is 5. The zero-order chi connectivity index (χ0) is 11.1. The molecule has 0 aromatic carbocycles. The lowest BCUT2D eigenvalue weighted by molar-refractivity contribution is 0.218. The second-order valence-corrected chi connectivity index (χ2v) is 4.60. The molecule has 0 radical (unpaired) electrons. The number of likely N-dealkylation sites (N-methyl/N-ethyl adjacent to an activating group) is 2. The number of likely N-dealkylation sites (tertiary alicyclic amines) is 1. The minimum atomic E-state index is 0.801. The predicted octanol–water partition coefficient (Wildman–Crippen LogP) is 1.01. The molecule has 15 heavy (non-hydrogen) atoms. The first kappa shape index (κ1) is 12.9. The highest BCUT2D eigenvalue weighted by Crippen LogP contribution is 2.15. The maximum absolute atomic E-state index is 3.22. The molecule has 0 aromatic heterocycles. The van der Waals surface area contributed by atoms with Gasteiger partial charge in [0.15, 0.2) is 0 Å². The monoisotopic (exact) mass is 213 g/mol. The zero-order valence-electron chi connectivity index (χ0n) is 10.6. The third-order valence-electron chi connectivity index (χ3n) is 3.58. The summed E-state index contributed by atoms with van der Waals surface area (Å²) in [5.41, 5.74) is 0. The van der Waals surface area contributed by atoms with Gasteiger partial charge in [-0.15, -0.1) is 0 Å². The van der Waals surface area contributed by atoms with Gasteiger partial charge in [0.05, 0.1) is 0 Å². The fourth-order valence-electron chi connectivity index (χ4n) is 2.37. The van der Waals surface area contributed by atoms with Crippen LogP contribution in [-0.2, 0) is 0 Å². The van der Waals surface area contributed by atoms with Gasteiger partial charge in [0, 0.05) is 19.1 Å². The molecule has 3 heteroatoms. The summed E-state index contributed by atoms with van der Waals surface area (Å²) in [7, 11) is 4.30. The Morgan fingerprint density at radius 1 is 1.33 bits per heavy atom. The SMILES string of the molecule is CCN1CCCC(N(C)CCNC)CC1. The Balaban J connectivity index is 2.29. The largest absolute Gasteiger partial charge is 0.318 e. The van der Waals surface area contributed by atoms with Crippen molar-refractivity contribution in [3.8, 4) is 0 Å². The van der Waals surface area contributed by atoms with Gasteiger partial charge in [0.2, 0.25) is 0 Å². The minimum Gasteiger partial charge on any atom is -0.318 e. The van der Waals surface area contributed by atoms with Crippen molar-refractivity contribution in [3.63, 3.8) is 0 Å². The van der Waals surface area contributed by atoms with Crippen LogP contribution in [0.1, 0.15) is 26.2 Å². The lowest BCUT2D eigenvalue weighted by Gasteiger charge is -2.27. The highest BCUT2D eigenvalue weighted by molar-refractivity contribution is 4.75. The Bertz CT molecular complexity index is 161. The summed E-state index contributed by atoms with van der Waals surface area (Å²) < 4.78 is 0. The van der Waals surface area contributed by atoms with Crippen LogP contribution >= 0.6 is 0 Å². The van der Waals surface area contributed by atoms with Gasteiger partial charge >= 0.3 is 0 Å². The molecular formula is C12H27N3. The van der Waals surface area contributed by atoms with Crippen LogP contribution in [0.4, 0.5) is 0 Å². The predicted molar refractivity (Wildman–Crippen MR) is 66.3 cm³/mol. The average molecular weight is 213 g/mol. The van der Waals surface area contributed by atoms with E-state index in [4.69, 9.17) is 0 Å². The maximum Gasteiger partial charge on any atom is 0.0107 e. The van der Waals surface area contributed by atoms with Crippen LogP contribution in [0.25, 0.3) is 0 Å². The van der Waals surface area contributed by atoms with E-state index in [2.05, 4.69) is 29.1 Å². The molecule has 0 aliphatic carbocycles. The van der Waals surface area contributed by atoms with Gasteiger partial charge in [-0.05, 0) is 53.0 Å². The molecule has 0 amide bonds. The summed E-state index contributed by atoms with van der Waals surface area (Å²) in [6, 6.07) is 0.801. The number of nitrogens with zero attached hydrogens (tertiary/aromatic N) is 2. The van der Waals surface area contributed by atoms with E-state index in [-0.39, 0.29) is 0 Å². The molecule has 1 heterocycles. The fourth-order valence-corrected chi connectivity index (χ4v) is 2.37. The van der Waals surface area contributed by atoms with Crippen molar-refractivity contribution in [1.29, 1.82) is 0 Å². The Labute approximate surface area is 94.8 Å². The Hall–Kier alpha value is -0.120. The van der Waals surface area contributed by atoms with Crippen LogP contribution in [0.15, 0.2) is 0 Å². The van der Waals surface area contributed by atoms with E-state index < -0.39 is 0 Å². The van der Waals surface area contributed by atoms with Crippen molar-refractivity contribution in [2.75, 3.05) is 46.8 Å². The highest BCUT2D eigenvalue weighted by atomic mass is 15.2. The van der Waals surface area contributed by atoms with Crippen LogP contribution in [0, 0.1) is 0 Å². The number of hydrogen-bond donors (Lipinski definition) is 1. The van der Waals surface area contributed by atoms with Crippen molar-refractivity contribution in [2.24, 2.45) is 0 Å². The molecule has 1 aliphatic heterocycles. The van der Waals surface area contributed by atoms with Gasteiger partial charge in [0.25, 0.3) is 0 Å². The van der Waals surface area contributed by atoms with Crippen molar-refractivity contribution in [3.05, 3.63) is 0 Å². The Kier molecular flexibility index (Phi) is 6.22. The topological polar surface area (TPSA) is 18.5 Å². The molecule has 3 nitrogen and oxygen atoms in total. The van der Waals surface area contributed by atoms with Crippen LogP contribution < -0.4 is 5.32 Å². The van der Waals surface area contributed by atoms with E-state index in [0.29, 0.717) is 0 Å². The Morgan fingerprint density at radius 2 is 2.13 bits per heavy atom. The van der Waals surface area contributed by atoms with E-state index >= 15 is 0 Å². The first-order chi connectivity index (χ1) is 7.27. The normalized spacial score (nSPS) is 24.4. The number of hydrogen-bond acceptors (Lipinski definition) is 3. The molecule has 0 spiro atoms. The minimum absolute atomic E-state index is 0.801. The summed E-state index contributed by atoms with van der Waals surface area (Å²) in [6.45, 7) is 8.34. The van der Waals surface area contributed by atoms with Gasteiger partial charge in [0.1, 0.15) is 0 Å². The molecule has 1 fully saturated rings. The summed E-state index contributed by atoms with van der Waals surface area (Å²) in [4.78, 5) is 5.10. The van der Waals surface area contributed by atoms with E-state index in [9.17, 15) is 0 Å². The average Bonchev–Trinajstić information content (AvgIpc) is 2.50. The molecule has 1 aliphatic rings. The van der Waals surface area contributed by atoms with Crippen molar-refractivity contribution in [2.45, 2.75) is 32.2 Å². The van der Waals surface area contributed by atoms with Gasteiger partial charge in [-0.25, -0.2) is 0 Å². The molecule has 0 saturated carbocycles. The van der Waals surface area contributed by atoms with Crippen molar-refractivity contribution < 1.29 is 0 Å². The first-order valence-electron chi connectivity index (χ1n) is 6.35. The van der Waals surface area contributed by atoms with E-state index in [1.807, 2.05) is 7.05 Å².